The molecule has 0 saturated carbocycles. The first kappa shape index (κ1) is 19.3. The number of nitrogens with zero attached hydrogens (tertiary/aromatic N) is 1. The van der Waals surface area contributed by atoms with Gasteiger partial charge in [-0.2, -0.15) is 5.26 Å². The van der Waals surface area contributed by atoms with Crippen LogP contribution in [0.4, 0.5) is 4.39 Å². The lowest BCUT2D eigenvalue weighted by atomic mass is 10.1. The molecule has 0 radical (unpaired) electrons. The van der Waals surface area contributed by atoms with Gasteiger partial charge in [-0.1, -0.05) is 23.7 Å². The zero-order chi connectivity index (χ0) is 19.1. The van der Waals surface area contributed by atoms with Gasteiger partial charge in [0, 0.05) is 5.56 Å². The van der Waals surface area contributed by atoms with Crippen molar-refractivity contribution in [3.63, 3.8) is 0 Å². The van der Waals surface area contributed by atoms with Crippen molar-refractivity contribution in [1.29, 1.82) is 5.26 Å². The molecule has 0 atom stereocenters. The minimum Gasteiger partial charge on any atom is -0.490 e. The van der Waals surface area contributed by atoms with Crippen LogP contribution in [0.25, 0.3) is 6.08 Å². The fraction of sp³-hybridized carbons (Fsp3) is 0.158. The third kappa shape index (κ3) is 4.74. The highest BCUT2D eigenvalue weighted by Crippen LogP contribution is 2.31. The SMILES string of the molecule is CCOc1cc(/C=C(/C#N)C(N)=O)ccc1OCc1c(F)cccc1Cl. The topological polar surface area (TPSA) is 85.3 Å². The summed E-state index contributed by atoms with van der Waals surface area (Å²) in [5.41, 5.74) is 5.73. The van der Waals surface area contributed by atoms with Crippen molar-refractivity contribution in [3.05, 3.63) is 63.9 Å². The smallest absolute Gasteiger partial charge is 0.259 e. The predicted octanol–water partition coefficient (Wildman–Crippen LogP) is 3.85. The number of hydrogen-bond acceptors (Lipinski definition) is 4. The first-order valence-corrected chi connectivity index (χ1v) is 8.08. The normalized spacial score (nSPS) is 10.9. The Morgan fingerprint density at radius 1 is 1.31 bits per heavy atom. The lowest BCUT2D eigenvalue weighted by Gasteiger charge is -2.13. The van der Waals surface area contributed by atoms with Gasteiger partial charge in [-0.3, -0.25) is 4.79 Å². The number of ether oxygens (including phenoxy) is 2. The summed E-state index contributed by atoms with van der Waals surface area (Å²) in [6.45, 7) is 2.08. The summed E-state index contributed by atoms with van der Waals surface area (Å²) in [5.74, 6) is -0.522. The average Bonchev–Trinajstić information content (AvgIpc) is 2.60. The highest BCUT2D eigenvalue weighted by molar-refractivity contribution is 6.31. The van der Waals surface area contributed by atoms with E-state index in [-0.39, 0.29) is 22.8 Å². The molecule has 0 aromatic heterocycles. The van der Waals surface area contributed by atoms with E-state index in [0.717, 1.165) is 0 Å². The maximum atomic E-state index is 13.8. The molecular weight excluding hydrogens is 359 g/mol. The molecule has 7 heteroatoms. The molecule has 1 amide bonds. The van der Waals surface area contributed by atoms with Crippen molar-refractivity contribution in [3.8, 4) is 17.6 Å². The number of hydrogen-bond donors (Lipinski definition) is 1. The van der Waals surface area contributed by atoms with Gasteiger partial charge in [-0.05, 0) is 42.8 Å². The number of rotatable bonds is 7. The molecule has 2 aromatic carbocycles. The van der Waals surface area contributed by atoms with E-state index in [2.05, 4.69) is 0 Å². The van der Waals surface area contributed by atoms with E-state index in [1.165, 1.54) is 18.2 Å². The van der Waals surface area contributed by atoms with Crippen molar-refractivity contribution in [2.75, 3.05) is 6.61 Å². The van der Waals surface area contributed by atoms with E-state index in [4.69, 9.17) is 32.1 Å². The summed E-state index contributed by atoms with van der Waals surface area (Å²) in [7, 11) is 0. The monoisotopic (exact) mass is 374 g/mol. The minimum atomic E-state index is -0.819. The molecule has 0 saturated heterocycles. The van der Waals surface area contributed by atoms with Gasteiger partial charge in [0.1, 0.15) is 24.1 Å². The van der Waals surface area contributed by atoms with Crippen molar-refractivity contribution >= 4 is 23.6 Å². The standard InChI is InChI=1S/C19H16ClFN2O3/c1-2-25-18-9-12(8-13(10-22)19(23)24)6-7-17(18)26-11-14-15(20)4-3-5-16(14)21/h3-9H,2,11H2,1H3,(H2,23,24)/b13-8-. The molecule has 0 fully saturated rings. The number of primary amides is 1. The average molecular weight is 375 g/mol. The van der Waals surface area contributed by atoms with Crippen molar-refractivity contribution in [2.45, 2.75) is 13.5 Å². The van der Waals surface area contributed by atoms with Gasteiger partial charge in [0.05, 0.1) is 11.6 Å². The summed E-state index contributed by atoms with van der Waals surface area (Å²) in [6.07, 6.45) is 1.35. The number of nitriles is 1. The molecular formula is C19H16ClFN2O3. The van der Waals surface area contributed by atoms with Crippen molar-refractivity contribution < 1.29 is 18.7 Å². The van der Waals surface area contributed by atoms with Gasteiger partial charge < -0.3 is 15.2 Å². The lowest BCUT2D eigenvalue weighted by Crippen LogP contribution is -2.12. The summed E-state index contributed by atoms with van der Waals surface area (Å²) in [6, 6.07) is 10.9. The Morgan fingerprint density at radius 2 is 2.08 bits per heavy atom. The Bertz CT molecular complexity index is 871. The van der Waals surface area contributed by atoms with Crippen molar-refractivity contribution in [1.82, 2.24) is 0 Å². The molecule has 0 spiro atoms. The van der Waals surface area contributed by atoms with Crippen LogP contribution in [-0.2, 0) is 11.4 Å². The molecule has 0 unspecified atom stereocenters. The number of nitrogens with two attached hydrogens (primary N) is 1. The summed E-state index contributed by atoms with van der Waals surface area (Å²) >= 11 is 5.99. The van der Waals surface area contributed by atoms with E-state index in [9.17, 15) is 9.18 Å². The molecule has 5 nitrogen and oxygen atoms in total. The first-order valence-electron chi connectivity index (χ1n) is 7.70. The van der Waals surface area contributed by atoms with E-state index in [0.29, 0.717) is 23.7 Å². The zero-order valence-electron chi connectivity index (χ0n) is 14.0. The molecule has 2 rings (SSSR count). The van der Waals surface area contributed by atoms with Crippen LogP contribution in [0.15, 0.2) is 42.0 Å². The van der Waals surface area contributed by atoms with E-state index in [1.807, 2.05) is 0 Å². The van der Waals surface area contributed by atoms with Crippen LogP contribution in [0, 0.1) is 17.1 Å². The van der Waals surface area contributed by atoms with Crippen LogP contribution in [0.1, 0.15) is 18.1 Å². The number of amides is 1. The van der Waals surface area contributed by atoms with Gasteiger partial charge in [0.25, 0.3) is 5.91 Å². The summed E-state index contributed by atoms with van der Waals surface area (Å²) in [5, 5.41) is 9.19. The quantitative estimate of drug-likeness (QED) is 0.589. The second kappa shape index (κ2) is 8.88. The second-order valence-electron chi connectivity index (χ2n) is 5.16. The molecule has 2 N–H and O–H groups in total. The highest BCUT2D eigenvalue weighted by Gasteiger charge is 2.12. The Hall–Kier alpha value is -3.04. The van der Waals surface area contributed by atoms with E-state index in [1.54, 1.807) is 37.3 Å². The van der Waals surface area contributed by atoms with Crippen LogP contribution in [-0.4, -0.2) is 12.5 Å². The van der Waals surface area contributed by atoms with Gasteiger partial charge in [-0.25, -0.2) is 4.39 Å². The fourth-order valence-corrected chi connectivity index (χ4v) is 2.36. The Labute approximate surface area is 155 Å². The Balaban J connectivity index is 2.29. The van der Waals surface area contributed by atoms with Crippen LogP contribution >= 0.6 is 11.6 Å². The molecule has 0 aliphatic rings. The molecule has 0 heterocycles. The molecule has 0 bridgehead atoms. The number of carbonyl (C=O) groups excluding carboxylic acids is 1. The Morgan fingerprint density at radius 3 is 2.69 bits per heavy atom. The predicted molar refractivity (Wildman–Crippen MR) is 96.1 cm³/mol. The zero-order valence-corrected chi connectivity index (χ0v) is 14.7. The lowest BCUT2D eigenvalue weighted by molar-refractivity contribution is -0.114. The van der Waals surface area contributed by atoms with Crippen LogP contribution in [0.5, 0.6) is 11.5 Å². The number of carbonyl (C=O) groups is 1. The highest BCUT2D eigenvalue weighted by atomic mass is 35.5. The third-order valence-corrected chi connectivity index (χ3v) is 3.75. The number of benzene rings is 2. The summed E-state index contributed by atoms with van der Waals surface area (Å²) in [4.78, 5) is 11.2. The molecule has 26 heavy (non-hydrogen) atoms. The minimum absolute atomic E-state index is 0.0779. The molecule has 2 aromatic rings. The first-order chi connectivity index (χ1) is 12.5. The third-order valence-electron chi connectivity index (χ3n) is 3.40. The molecule has 0 aliphatic heterocycles. The van der Waals surface area contributed by atoms with Crippen LogP contribution < -0.4 is 15.2 Å². The largest absolute Gasteiger partial charge is 0.490 e. The van der Waals surface area contributed by atoms with Gasteiger partial charge >= 0.3 is 0 Å². The molecule has 0 aliphatic carbocycles. The van der Waals surface area contributed by atoms with Gasteiger partial charge in [-0.15, -0.1) is 0 Å². The van der Waals surface area contributed by atoms with E-state index < -0.39 is 11.7 Å². The fourth-order valence-electron chi connectivity index (χ4n) is 2.15. The number of halogens is 2. The van der Waals surface area contributed by atoms with Gasteiger partial charge in [0.15, 0.2) is 11.5 Å². The van der Waals surface area contributed by atoms with Crippen LogP contribution in [0.2, 0.25) is 5.02 Å². The second-order valence-corrected chi connectivity index (χ2v) is 5.57. The maximum Gasteiger partial charge on any atom is 0.259 e. The summed E-state index contributed by atoms with van der Waals surface area (Å²) < 4.78 is 25.0. The Kier molecular flexibility index (Phi) is 6.59. The van der Waals surface area contributed by atoms with Gasteiger partial charge in [0.2, 0.25) is 0 Å². The van der Waals surface area contributed by atoms with Crippen LogP contribution in [0.3, 0.4) is 0 Å². The maximum absolute atomic E-state index is 13.8. The van der Waals surface area contributed by atoms with E-state index >= 15 is 0 Å². The molecule has 134 valence electrons. The van der Waals surface area contributed by atoms with Crippen molar-refractivity contribution in [2.24, 2.45) is 5.73 Å².